The van der Waals surface area contributed by atoms with Crippen molar-refractivity contribution in [1.29, 1.82) is 0 Å². The lowest BCUT2D eigenvalue weighted by Gasteiger charge is -2.28. The molecule has 0 amide bonds. The summed E-state index contributed by atoms with van der Waals surface area (Å²) in [7, 11) is 0. The highest BCUT2D eigenvalue weighted by Gasteiger charge is 2.68. The summed E-state index contributed by atoms with van der Waals surface area (Å²) in [6, 6.07) is 8.58. The number of esters is 2. The average molecular weight is 428 g/mol. The molecule has 25 heavy (non-hydrogen) atoms. The molecule has 2 bridgehead atoms. The van der Waals surface area contributed by atoms with Crippen LogP contribution >= 0.6 is 27.5 Å². The van der Waals surface area contributed by atoms with Gasteiger partial charge in [-0.3, -0.25) is 14.4 Å². The number of carbonyl (C=O) groups is 3. The van der Waals surface area contributed by atoms with Crippen molar-refractivity contribution in [1.82, 2.24) is 0 Å². The van der Waals surface area contributed by atoms with E-state index in [0.717, 1.165) is 6.42 Å². The molecule has 0 spiro atoms. The fourth-order valence-electron chi connectivity index (χ4n) is 4.46. The zero-order valence-corrected chi connectivity index (χ0v) is 15.5. The Kier molecular flexibility index (Phi) is 4.36. The van der Waals surface area contributed by atoms with Gasteiger partial charge in [0.1, 0.15) is 6.10 Å². The molecule has 0 radical (unpaired) electrons. The molecule has 7 atom stereocenters. The first kappa shape index (κ1) is 17.0. The van der Waals surface area contributed by atoms with Gasteiger partial charge in [0.25, 0.3) is 0 Å². The summed E-state index contributed by atoms with van der Waals surface area (Å²) in [6.07, 6.45) is -0.450. The van der Waals surface area contributed by atoms with Gasteiger partial charge < -0.3 is 9.47 Å². The topological polar surface area (TPSA) is 69.7 Å². The first-order valence-electron chi connectivity index (χ1n) is 8.23. The number of carbonyl (C=O) groups excluding carboxylic acids is 3. The van der Waals surface area contributed by atoms with E-state index in [2.05, 4.69) is 15.9 Å². The van der Waals surface area contributed by atoms with Crippen LogP contribution in [0.3, 0.4) is 0 Å². The van der Waals surface area contributed by atoms with Crippen molar-refractivity contribution in [2.75, 3.05) is 5.88 Å². The second-order valence-electron chi connectivity index (χ2n) is 6.77. The van der Waals surface area contributed by atoms with Crippen LogP contribution in [-0.4, -0.2) is 40.6 Å². The van der Waals surface area contributed by atoms with Crippen LogP contribution in [0.1, 0.15) is 16.8 Å². The van der Waals surface area contributed by atoms with E-state index in [1.807, 2.05) is 0 Å². The maximum Gasteiger partial charge on any atom is 0.310 e. The summed E-state index contributed by atoms with van der Waals surface area (Å²) < 4.78 is 10.8. The van der Waals surface area contributed by atoms with Crippen molar-refractivity contribution in [2.45, 2.75) is 23.5 Å². The van der Waals surface area contributed by atoms with Gasteiger partial charge in [0, 0.05) is 11.5 Å². The number of benzene rings is 1. The van der Waals surface area contributed by atoms with Crippen molar-refractivity contribution < 1.29 is 23.9 Å². The molecule has 3 aliphatic rings. The minimum atomic E-state index is -1.06. The number of rotatable bonds is 5. The highest BCUT2D eigenvalue weighted by molar-refractivity contribution is 9.09. The lowest BCUT2D eigenvalue weighted by Crippen LogP contribution is -2.41. The van der Waals surface area contributed by atoms with Crippen LogP contribution in [0.15, 0.2) is 30.3 Å². The fraction of sp³-hybridized carbons (Fsp3) is 0.500. The summed E-state index contributed by atoms with van der Waals surface area (Å²) in [5.41, 5.74) is 0.438. The number of hydrogen-bond donors (Lipinski definition) is 0. The Balaban J connectivity index is 1.51. The molecule has 2 saturated carbocycles. The molecule has 5 nitrogen and oxygen atoms in total. The van der Waals surface area contributed by atoms with Crippen molar-refractivity contribution in [2.24, 2.45) is 23.7 Å². The molecule has 0 aromatic heterocycles. The summed E-state index contributed by atoms with van der Waals surface area (Å²) in [5.74, 6) is -2.33. The number of Topliss-reactive ketones (excluding diaryl/α,β-unsaturated/α-hetero) is 1. The monoisotopic (exact) mass is 426 g/mol. The molecule has 2 aliphatic carbocycles. The van der Waals surface area contributed by atoms with Crippen molar-refractivity contribution in [3.8, 4) is 0 Å². The molecular weight excluding hydrogens is 412 g/mol. The minimum absolute atomic E-state index is 0.0123. The SMILES string of the molecule is O=C(O[C@@H](CCl)C(=O)c1ccccc1)[C@@H]1[C@H]2C[C@H]3[C@H](OC(=O)[C@@H]31)[C@H]2Br. The van der Waals surface area contributed by atoms with Gasteiger partial charge in [-0.05, 0) is 12.3 Å². The molecule has 1 aliphatic heterocycles. The Hall–Kier alpha value is -1.40. The van der Waals surface area contributed by atoms with E-state index in [1.165, 1.54) is 0 Å². The normalized spacial score (nSPS) is 36.2. The summed E-state index contributed by atoms with van der Waals surface area (Å²) in [6.45, 7) is 0. The number of halogens is 2. The molecule has 7 heteroatoms. The Morgan fingerprint density at radius 3 is 2.68 bits per heavy atom. The van der Waals surface area contributed by atoms with Crippen molar-refractivity contribution in [3.05, 3.63) is 35.9 Å². The average Bonchev–Trinajstić information content (AvgIpc) is 3.24. The van der Waals surface area contributed by atoms with E-state index in [9.17, 15) is 14.4 Å². The minimum Gasteiger partial charge on any atom is -0.461 e. The third-order valence-corrected chi connectivity index (χ3v) is 7.02. The van der Waals surface area contributed by atoms with Crippen LogP contribution in [0, 0.1) is 23.7 Å². The lowest BCUT2D eigenvalue weighted by molar-refractivity contribution is -0.157. The highest BCUT2D eigenvalue weighted by atomic mass is 79.9. The zero-order valence-electron chi connectivity index (χ0n) is 13.1. The van der Waals surface area contributed by atoms with E-state index < -0.39 is 23.9 Å². The van der Waals surface area contributed by atoms with E-state index >= 15 is 0 Å². The zero-order chi connectivity index (χ0) is 17.7. The van der Waals surface area contributed by atoms with E-state index in [-0.39, 0.29) is 40.4 Å². The van der Waals surface area contributed by atoms with Gasteiger partial charge in [-0.1, -0.05) is 46.3 Å². The van der Waals surface area contributed by atoms with Gasteiger partial charge in [0.2, 0.25) is 5.78 Å². The number of fused-ring (bicyclic) bond motifs is 1. The third-order valence-electron chi connectivity index (χ3n) is 5.54. The van der Waals surface area contributed by atoms with E-state index in [0.29, 0.717) is 5.56 Å². The van der Waals surface area contributed by atoms with Crippen molar-refractivity contribution in [3.63, 3.8) is 0 Å². The Bertz CT molecular complexity index is 723. The smallest absolute Gasteiger partial charge is 0.310 e. The summed E-state index contributed by atoms with van der Waals surface area (Å²) >= 11 is 9.43. The predicted molar refractivity (Wildman–Crippen MR) is 92.5 cm³/mol. The van der Waals surface area contributed by atoms with Crippen LogP contribution in [-0.2, 0) is 19.1 Å². The van der Waals surface area contributed by atoms with E-state index in [4.69, 9.17) is 21.1 Å². The summed E-state index contributed by atoms with van der Waals surface area (Å²) in [5, 5.41) is 0. The first-order valence-corrected chi connectivity index (χ1v) is 9.68. The number of ketones is 1. The van der Waals surface area contributed by atoms with Gasteiger partial charge in [-0.2, -0.15) is 0 Å². The molecule has 132 valence electrons. The standard InChI is InChI=1S/C18H16BrClO5/c19-14-9-6-10-13(18(23)25-16(10)14)12(9)17(22)24-11(7-20)15(21)8-4-2-1-3-5-8/h1-5,9-14,16H,6-7H2/t9-,10-,11+,12-,13+,14+,16+/m1/s1. The molecule has 3 fully saturated rings. The molecule has 1 saturated heterocycles. The molecule has 1 heterocycles. The quantitative estimate of drug-likeness (QED) is 0.410. The van der Waals surface area contributed by atoms with Gasteiger partial charge in [-0.15, -0.1) is 11.6 Å². The molecule has 1 aromatic rings. The number of ether oxygens (including phenoxy) is 2. The maximum absolute atomic E-state index is 12.8. The van der Waals surface area contributed by atoms with Crippen LogP contribution in [0.2, 0.25) is 0 Å². The largest absolute Gasteiger partial charge is 0.461 e. The predicted octanol–water partition coefficient (Wildman–Crippen LogP) is 2.59. The maximum atomic E-state index is 12.8. The van der Waals surface area contributed by atoms with Crippen LogP contribution in [0.4, 0.5) is 0 Å². The Morgan fingerprint density at radius 1 is 1.28 bits per heavy atom. The highest BCUT2D eigenvalue weighted by Crippen LogP contribution is 2.60. The van der Waals surface area contributed by atoms with Crippen LogP contribution in [0.25, 0.3) is 0 Å². The second-order valence-corrected chi connectivity index (χ2v) is 8.14. The van der Waals surface area contributed by atoms with Gasteiger partial charge in [0.15, 0.2) is 6.10 Å². The van der Waals surface area contributed by atoms with Crippen LogP contribution in [0.5, 0.6) is 0 Å². The summed E-state index contributed by atoms with van der Waals surface area (Å²) in [4.78, 5) is 37.3. The fourth-order valence-corrected chi connectivity index (χ4v) is 5.70. The number of alkyl halides is 2. The lowest BCUT2D eigenvalue weighted by atomic mass is 9.80. The Morgan fingerprint density at radius 2 is 2.00 bits per heavy atom. The van der Waals surface area contributed by atoms with Gasteiger partial charge >= 0.3 is 11.9 Å². The second kappa shape index (κ2) is 6.40. The Labute approximate surface area is 158 Å². The molecule has 4 rings (SSSR count). The molecule has 0 unspecified atom stereocenters. The van der Waals surface area contributed by atoms with E-state index in [1.54, 1.807) is 30.3 Å². The number of hydrogen-bond acceptors (Lipinski definition) is 5. The van der Waals surface area contributed by atoms with Crippen LogP contribution < -0.4 is 0 Å². The molecular formula is C18H16BrClO5. The molecule has 0 N–H and O–H groups in total. The third kappa shape index (κ3) is 2.61. The molecule has 1 aromatic carbocycles. The first-order chi connectivity index (χ1) is 12.0. The van der Waals surface area contributed by atoms with Gasteiger partial charge in [-0.25, -0.2) is 0 Å². The van der Waals surface area contributed by atoms with Crippen molar-refractivity contribution >= 4 is 45.3 Å². The van der Waals surface area contributed by atoms with Gasteiger partial charge in [0.05, 0.1) is 22.5 Å².